The molecule has 4 nitrogen and oxygen atoms in total. The first-order valence-electron chi connectivity index (χ1n) is 7.34. The van der Waals surface area contributed by atoms with E-state index >= 15 is 0 Å². The smallest absolute Gasteiger partial charge is 0.246 e. The molecular formula is C17H17ClN2O2S. The van der Waals surface area contributed by atoms with Crippen LogP contribution >= 0.6 is 23.4 Å². The zero-order valence-corrected chi connectivity index (χ0v) is 14.0. The molecule has 0 radical (unpaired) electrons. The third-order valence-electron chi connectivity index (χ3n) is 3.67. The number of aliphatic hydroxyl groups excluding tert-OH is 1. The van der Waals surface area contributed by atoms with Gasteiger partial charge in [-0.25, -0.2) is 0 Å². The summed E-state index contributed by atoms with van der Waals surface area (Å²) >= 11 is 7.90. The highest BCUT2D eigenvalue weighted by molar-refractivity contribution is 7.99. The van der Waals surface area contributed by atoms with Crippen molar-refractivity contribution in [3.63, 3.8) is 0 Å². The molecule has 0 unspecified atom stereocenters. The van der Waals surface area contributed by atoms with E-state index in [1.54, 1.807) is 30.0 Å². The highest BCUT2D eigenvalue weighted by atomic mass is 35.5. The molecule has 120 valence electrons. The fourth-order valence-corrected chi connectivity index (χ4v) is 3.68. The second-order valence-corrected chi connectivity index (χ2v) is 6.73. The van der Waals surface area contributed by atoms with E-state index in [1.807, 2.05) is 29.2 Å². The number of fused-ring (bicyclic) bond motifs is 1. The van der Waals surface area contributed by atoms with Gasteiger partial charge in [0.25, 0.3) is 0 Å². The van der Waals surface area contributed by atoms with E-state index in [4.69, 9.17) is 11.6 Å². The molecular weight excluding hydrogens is 332 g/mol. The van der Waals surface area contributed by atoms with Gasteiger partial charge in [0, 0.05) is 17.2 Å². The number of benzene rings is 2. The van der Waals surface area contributed by atoms with Crippen molar-refractivity contribution in [2.45, 2.75) is 11.5 Å². The largest absolute Gasteiger partial charge is 0.392 e. The molecule has 3 rings (SSSR count). The van der Waals surface area contributed by atoms with Gasteiger partial charge in [-0.1, -0.05) is 29.8 Å². The average molecular weight is 349 g/mol. The van der Waals surface area contributed by atoms with E-state index in [0.29, 0.717) is 17.3 Å². The minimum Gasteiger partial charge on any atom is -0.392 e. The molecule has 0 aromatic heterocycles. The van der Waals surface area contributed by atoms with Crippen molar-refractivity contribution < 1.29 is 9.90 Å². The number of hydrogen-bond acceptors (Lipinski definition) is 4. The van der Waals surface area contributed by atoms with Crippen LogP contribution in [0.1, 0.15) is 5.56 Å². The summed E-state index contributed by atoms with van der Waals surface area (Å²) < 4.78 is 0. The Balaban J connectivity index is 1.71. The number of carbonyl (C=O) groups is 1. The zero-order valence-electron chi connectivity index (χ0n) is 12.5. The number of para-hydroxylation sites is 1. The van der Waals surface area contributed by atoms with Crippen LogP contribution in [-0.4, -0.2) is 29.9 Å². The van der Waals surface area contributed by atoms with Crippen molar-refractivity contribution in [2.75, 3.05) is 29.1 Å². The number of rotatable bonds is 4. The SMILES string of the molecule is O=C(CNc1cc(CO)ccc1Cl)N1CCSc2ccccc21. The van der Waals surface area contributed by atoms with Crippen LogP contribution in [0.5, 0.6) is 0 Å². The van der Waals surface area contributed by atoms with Crippen LogP contribution in [0.4, 0.5) is 11.4 Å². The lowest BCUT2D eigenvalue weighted by atomic mass is 10.2. The molecule has 0 aliphatic carbocycles. The fraction of sp³-hybridized carbons (Fsp3) is 0.235. The van der Waals surface area contributed by atoms with Gasteiger partial charge in [-0.3, -0.25) is 4.79 Å². The standard InChI is InChI=1S/C17H17ClN2O2S/c18-13-6-5-12(11-21)9-14(13)19-10-17(22)20-7-8-23-16-4-2-1-3-15(16)20/h1-6,9,19,21H,7-8,10-11H2. The Morgan fingerprint density at radius 3 is 2.96 bits per heavy atom. The van der Waals surface area contributed by atoms with Crippen LogP contribution in [0.2, 0.25) is 5.02 Å². The Morgan fingerprint density at radius 1 is 1.30 bits per heavy atom. The maximum absolute atomic E-state index is 12.6. The monoisotopic (exact) mass is 348 g/mol. The molecule has 2 aromatic carbocycles. The van der Waals surface area contributed by atoms with E-state index in [1.165, 1.54) is 0 Å². The summed E-state index contributed by atoms with van der Waals surface area (Å²) in [6.45, 7) is 0.802. The number of amides is 1. The molecule has 0 spiro atoms. The normalized spacial score (nSPS) is 13.6. The average Bonchev–Trinajstić information content (AvgIpc) is 2.60. The molecule has 1 aliphatic rings. The Labute approximate surface area is 144 Å². The van der Waals surface area contributed by atoms with E-state index in [2.05, 4.69) is 5.32 Å². The number of thioether (sulfide) groups is 1. The van der Waals surface area contributed by atoms with E-state index in [0.717, 1.165) is 21.9 Å². The molecule has 1 amide bonds. The summed E-state index contributed by atoms with van der Waals surface area (Å²) in [4.78, 5) is 15.5. The molecule has 0 bridgehead atoms. The van der Waals surface area contributed by atoms with Gasteiger partial charge in [0.2, 0.25) is 5.91 Å². The Kier molecular flexibility index (Phi) is 5.10. The van der Waals surface area contributed by atoms with Crippen LogP contribution < -0.4 is 10.2 Å². The topological polar surface area (TPSA) is 52.6 Å². The third-order valence-corrected chi connectivity index (χ3v) is 5.05. The lowest BCUT2D eigenvalue weighted by molar-refractivity contribution is -0.117. The number of nitrogens with zero attached hydrogens (tertiary/aromatic N) is 1. The predicted octanol–water partition coefficient (Wildman–Crippen LogP) is 3.38. The summed E-state index contributed by atoms with van der Waals surface area (Å²) in [5.41, 5.74) is 2.38. The number of aliphatic hydroxyl groups is 1. The fourth-order valence-electron chi connectivity index (χ4n) is 2.50. The van der Waals surface area contributed by atoms with Gasteiger partial charge >= 0.3 is 0 Å². The molecule has 0 saturated heterocycles. The van der Waals surface area contributed by atoms with Crippen molar-refractivity contribution in [1.29, 1.82) is 0 Å². The van der Waals surface area contributed by atoms with Crippen LogP contribution in [0, 0.1) is 0 Å². The van der Waals surface area contributed by atoms with Gasteiger partial charge in [-0.15, -0.1) is 11.8 Å². The van der Waals surface area contributed by atoms with Gasteiger partial charge in [-0.2, -0.15) is 0 Å². The molecule has 0 fully saturated rings. The third kappa shape index (κ3) is 3.63. The number of nitrogens with one attached hydrogen (secondary N) is 1. The summed E-state index contributed by atoms with van der Waals surface area (Å²) in [5, 5.41) is 12.8. The highest BCUT2D eigenvalue weighted by Crippen LogP contribution is 2.34. The van der Waals surface area contributed by atoms with Crippen molar-refractivity contribution in [3.05, 3.63) is 53.1 Å². The molecule has 0 saturated carbocycles. The van der Waals surface area contributed by atoms with Gasteiger partial charge < -0.3 is 15.3 Å². The maximum Gasteiger partial charge on any atom is 0.246 e. The first kappa shape index (κ1) is 16.2. The molecule has 0 atom stereocenters. The summed E-state index contributed by atoms with van der Waals surface area (Å²) in [7, 11) is 0. The summed E-state index contributed by atoms with van der Waals surface area (Å²) in [6.07, 6.45) is 0. The molecule has 1 heterocycles. The predicted molar refractivity (Wildman–Crippen MR) is 95.4 cm³/mol. The van der Waals surface area contributed by atoms with Crippen LogP contribution in [0.15, 0.2) is 47.4 Å². The lowest BCUT2D eigenvalue weighted by Gasteiger charge is -2.29. The quantitative estimate of drug-likeness (QED) is 0.889. The summed E-state index contributed by atoms with van der Waals surface area (Å²) in [5.74, 6) is 0.895. The van der Waals surface area contributed by atoms with Crippen LogP contribution in [0.25, 0.3) is 0 Å². The van der Waals surface area contributed by atoms with Crippen LogP contribution in [-0.2, 0) is 11.4 Å². The van der Waals surface area contributed by atoms with Crippen molar-refractivity contribution in [3.8, 4) is 0 Å². The van der Waals surface area contributed by atoms with Crippen molar-refractivity contribution >= 4 is 40.6 Å². The second-order valence-electron chi connectivity index (χ2n) is 5.19. The molecule has 6 heteroatoms. The van der Waals surface area contributed by atoms with E-state index in [-0.39, 0.29) is 19.1 Å². The van der Waals surface area contributed by atoms with Crippen molar-refractivity contribution in [1.82, 2.24) is 0 Å². The van der Waals surface area contributed by atoms with Crippen molar-refractivity contribution in [2.24, 2.45) is 0 Å². The first-order valence-corrected chi connectivity index (χ1v) is 8.71. The molecule has 23 heavy (non-hydrogen) atoms. The Bertz CT molecular complexity index is 723. The van der Waals surface area contributed by atoms with Crippen LogP contribution in [0.3, 0.4) is 0 Å². The Hall–Kier alpha value is -1.69. The number of anilines is 2. The Morgan fingerprint density at radius 2 is 2.13 bits per heavy atom. The highest BCUT2D eigenvalue weighted by Gasteiger charge is 2.22. The minimum atomic E-state index is -0.0590. The molecule has 2 aromatic rings. The second kappa shape index (κ2) is 7.25. The lowest BCUT2D eigenvalue weighted by Crippen LogP contribution is -2.39. The minimum absolute atomic E-state index is 0.00298. The van der Waals surface area contributed by atoms with Gasteiger partial charge in [0.1, 0.15) is 0 Å². The number of hydrogen-bond donors (Lipinski definition) is 2. The van der Waals surface area contributed by atoms with E-state index < -0.39 is 0 Å². The summed E-state index contributed by atoms with van der Waals surface area (Å²) in [6, 6.07) is 13.2. The van der Waals surface area contributed by atoms with Gasteiger partial charge in [-0.05, 0) is 29.8 Å². The number of carbonyl (C=O) groups excluding carboxylic acids is 1. The zero-order chi connectivity index (χ0) is 16.2. The molecule has 2 N–H and O–H groups in total. The van der Waals surface area contributed by atoms with Gasteiger partial charge in [0.15, 0.2) is 0 Å². The molecule has 1 aliphatic heterocycles. The maximum atomic E-state index is 12.6. The van der Waals surface area contributed by atoms with E-state index in [9.17, 15) is 9.90 Å². The first-order chi connectivity index (χ1) is 11.2. The number of halogens is 1. The van der Waals surface area contributed by atoms with Gasteiger partial charge in [0.05, 0.1) is 29.5 Å².